The van der Waals surface area contributed by atoms with E-state index in [1.807, 2.05) is 47.8 Å². The van der Waals surface area contributed by atoms with Crippen LogP contribution < -0.4 is 10.6 Å². The Morgan fingerprint density at radius 2 is 2.05 bits per heavy atom. The quantitative estimate of drug-likeness (QED) is 0.645. The minimum absolute atomic E-state index is 0.0928. The molecule has 22 heavy (non-hydrogen) atoms. The molecular formula is C17H18N2OS2. The van der Waals surface area contributed by atoms with E-state index in [-0.39, 0.29) is 11.9 Å². The number of hydrogen-bond acceptors (Lipinski definition) is 3. The van der Waals surface area contributed by atoms with Crippen LogP contribution in [-0.2, 0) is 4.79 Å². The Kier molecular flexibility index (Phi) is 6.30. The lowest BCUT2D eigenvalue weighted by atomic mass is 10.1. The molecule has 0 radical (unpaired) electrons. The number of benzene rings is 1. The molecule has 1 amide bonds. The zero-order chi connectivity index (χ0) is 15.8. The number of amides is 1. The molecule has 0 aliphatic heterocycles. The van der Waals surface area contributed by atoms with Gasteiger partial charge in [0.15, 0.2) is 5.11 Å². The first-order chi connectivity index (χ1) is 10.7. The molecule has 0 spiro atoms. The third-order valence-corrected chi connectivity index (χ3v) is 4.15. The van der Waals surface area contributed by atoms with Crippen LogP contribution in [0.1, 0.15) is 29.8 Å². The summed E-state index contributed by atoms with van der Waals surface area (Å²) in [5.74, 6) is -0.228. The predicted octanol–water partition coefficient (Wildman–Crippen LogP) is 3.90. The molecule has 1 atom stereocenters. The number of thiophene rings is 1. The largest absolute Gasteiger partial charge is 0.356 e. The van der Waals surface area contributed by atoms with E-state index in [1.54, 1.807) is 17.4 Å². The van der Waals surface area contributed by atoms with Crippen LogP contribution in [0.2, 0.25) is 0 Å². The van der Waals surface area contributed by atoms with E-state index in [1.165, 1.54) is 6.08 Å². The molecule has 114 valence electrons. The van der Waals surface area contributed by atoms with Crippen LogP contribution in [0.25, 0.3) is 6.08 Å². The predicted molar refractivity (Wildman–Crippen MR) is 96.7 cm³/mol. The van der Waals surface area contributed by atoms with Gasteiger partial charge in [0.25, 0.3) is 0 Å². The van der Waals surface area contributed by atoms with Gasteiger partial charge in [-0.15, -0.1) is 11.3 Å². The van der Waals surface area contributed by atoms with Crippen molar-refractivity contribution in [2.45, 2.75) is 19.4 Å². The van der Waals surface area contributed by atoms with Gasteiger partial charge in [0, 0.05) is 11.0 Å². The highest BCUT2D eigenvalue weighted by Gasteiger charge is 2.10. The van der Waals surface area contributed by atoms with Crippen LogP contribution in [0.5, 0.6) is 0 Å². The summed E-state index contributed by atoms with van der Waals surface area (Å²) in [5.41, 5.74) is 1.15. The zero-order valence-corrected chi connectivity index (χ0v) is 13.9. The lowest BCUT2D eigenvalue weighted by Crippen LogP contribution is -2.40. The molecule has 0 fully saturated rings. The minimum atomic E-state index is -0.228. The van der Waals surface area contributed by atoms with Gasteiger partial charge in [-0.25, -0.2) is 0 Å². The second-order valence-electron chi connectivity index (χ2n) is 4.68. The molecule has 1 heterocycles. The Bertz CT molecular complexity index is 636. The first kappa shape index (κ1) is 16.4. The van der Waals surface area contributed by atoms with Crippen molar-refractivity contribution in [1.82, 2.24) is 10.6 Å². The summed E-state index contributed by atoms with van der Waals surface area (Å²) in [7, 11) is 0. The molecule has 0 saturated heterocycles. The van der Waals surface area contributed by atoms with Gasteiger partial charge in [-0.2, -0.15) is 0 Å². The molecule has 5 heteroatoms. The molecular weight excluding hydrogens is 312 g/mol. The summed E-state index contributed by atoms with van der Waals surface area (Å²) in [6, 6.07) is 14.0. The first-order valence-electron chi connectivity index (χ1n) is 7.07. The maximum absolute atomic E-state index is 11.8. The number of carbonyl (C=O) groups is 1. The highest BCUT2D eigenvalue weighted by Crippen LogP contribution is 2.15. The van der Waals surface area contributed by atoms with Crippen LogP contribution >= 0.6 is 23.6 Å². The molecule has 2 aromatic rings. The second-order valence-corrected chi connectivity index (χ2v) is 6.07. The average Bonchev–Trinajstić information content (AvgIpc) is 3.05. The molecule has 2 rings (SSSR count). The van der Waals surface area contributed by atoms with Gasteiger partial charge in [-0.1, -0.05) is 43.3 Å². The zero-order valence-electron chi connectivity index (χ0n) is 12.3. The third kappa shape index (κ3) is 5.09. The fourth-order valence-electron chi connectivity index (χ4n) is 2.00. The van der Waals surface area contributed by atoms with Gasteiger partial charge in [0.05, 0.1) is 6.04 Å². The van der Waals surface area contributed by atoms with Crippen molar-refractivity contribution in [2.75, 3.05) is 0 Å². The summed E-state index contributed by atoms with van der Waals surface area (Å²) >= 11 is 6.79. The summed E-state index contributed by atoms with van der Waals surface area (Å²) < 4.78 is 0. The van der Waals surface area contributed by atoms with E-state index < -0.39 is 0 Å². The minimum Gasteiger partial charge on any atom is -0.356 e. The van der Waals surface area contributed by atoms with E-state index in [4.69, 9.17) is 12.2 Å². The molecule has 0 aliphatic rings. The molecule has 0 aliphatic carbocycles. The van der Waals surface area contributed by atoms with E-state index in [0.717, 1.165) is 16.9 Å². The Balaban J connectivity index is 1.87. The number of nitrogens with one attached hydrogen (secondary N) is 2. The van der Waals surface area contributed by atoms with Crippen LogP contribution in [0.15, 0.2) is 53.9 Å². The van der Waals surface area contributed by atoms with Crippen LogP contribution in [0.4, 0.5) is 0 Å². The van der Waals surface area contributed by atoms with Crippen molar-refractivity contribution >= 4 is 40.7 Å². The normalized spacial score (nSPS) is 12.0. The van der Waals surface area contributed by atoms with E-state index in [0.29, 0.717) is 5.11 Å². The Morgan fingerprint density at radius 3 is 2.68 bits per heavy atom. The first-order valence-corrected chi connectivity index (χ1v) is 8.36. The fourth-order valence-corrected chi connectivity index (χ4v) is 2.86. The van der Waals surface area contributed by atoms with Crippen LogP contribution in [0.3, 0.4) is 0 Å². The van der Waals surface area contributed by atoms with Crippen molar-refractivity contribution in [3.05, 3.63) is 64.4 Å². The second kappa shape index (κ2) is 8.46. The van der Waals surface area contributed by atoms with Crippen molar-refractivity contribution in [3.8, 4) is 0 Å². The number of rotatable bonds is 5. The van der Waals surface area contributed by atoms with Crippen molar-refractivity contribution < 1.29 is 4.79 Å². The maximum atomic E-state index is 11.8. The van der Waals surface area contributed by atoms with Crippen molar-refractivity contribution in [1.29, 1.82) is 0 Å². The van der Waals surface area contributed by atoms with Gasteiger partial charge >= 0.3 is 0 Å². The highest BCUT2D eigenvalue weighted by atomic mass is 32.1. The van der Waals surface area contributed by atoms with Gasteiger partial charge in [0.2, 0.25) is 5.91 Å². The summed E-state index contributed by atoms with van der Waals surface area (Å²) in [6.45, 7) is 2.08. The fraction of sp³-hybridized carbons (Fsp3) is 0.176. The molecule has 1 unspecified atom stereocenters. The molecule has 0 saturated carbocycles. The van der Waals surface area contributed by atoms with Crippen molar-refractivity contribution in [2.24, 2.45) is 0 Å². The Morgan fingerprint density at radius 1 is 1.27 bits per heavy atom. The van der Waals surface area contributed by atoms with Crippen LogP contribution in [-0.4, -0.2) is 11.0 Å². The summed E-state index contributed by atoms with van der Waals surface area (Å²) in [4.78, 5) is 12.9. The smallest absolute Gasteiger partial charge is 0.250 e. The lowest BCUT2D eigenvalue weighted by molar-refractivity contribution is -0.115. The monoisotopic (exact) mass is 330 g/mol. The number of hydrogen-bond donors (Lipinski definition) is 2. The van der Waals surface area contributed by atoms with Gasteiger partial charge in [0.1, 0.15) is 0 Å². The van der Waals surface area contributed by atoms with Gasteiger partial charge in [-0.05, 0) is 41.7 Å². The molecule has 1 aromatic carbocycles. The van der Waals surface area contributed by atoms with Crippen molar-refractivity contribution in [3.63, 3.8) is 0 Å². The standard InChI is InChI=1S/C17H18N2OS2/c1-2-15(13-7-4-3-5-8-13)18-17(21)19-16(20)11-10-14-9-6-12-22-14/h3-12,15H,2H2,1H3,(H2,18,19,20,21)/b11-10+. The van der Waals surface area contributed by atoms with E-state index >= 15 is 0 Å². The molecule has 0 bridgehead atoms. The summed E-state index contributed by atoms with van der Waals surface area (Å²) in [6.07, 6.45) is 4.14. The lowest BCUT2D eigenvalue weighted by Gasteiger charge is -2.19. The Labute approximate surface area is 140 Å². The van der Waals surface area contributed by atoms with Crippen LogP contribution in [0, 0.1) is 0 Å². The SMILES string of the molecule is CCC(NC(=S)NC(=O)/C=C/c1cccs1)c1ccccc1. The van der Waals surface area contributed by atoms with E-state index in [9.17, 15) is 4.79 Å². The molecule has 2 N–H and O–H groups in total. The number of carbonyl (C=O) groups excluding carboxylic acids is 1. The molecule has 3 nitrogen and oxygen atoms in total. The van der Waals surface area contributed by atoms with Gasteiger partial charge in [-0.3, -0.25) is 10.1 Å². The van der Waals surface area contributed by atoms with Gasteiger partial charge < -0.3 is 5.32 Å². The molecule has 1 aromatic heterocycles. The maximum Gasteiger partial charge on any atom is 0.250 e. The third-order valence-electron chi connectivity index (χ3n) is 3.09. The van der Waals surface area contributed by atoms with E-state index in [2.05, 4.69) is 17.6 Å². The topological polar surface area (TPSA) is 41.1 Å². The number of thiocarbonyl (C=S) groups is 1. The highest BCUT2D eigenvalue weighted by molar-refractivity contribution is 7.80. The summed E-state index contributed by atoms with van der Waals surface area (Å²) in [5, 5.41) is 8.16. The Hall–Kier alpha value is -1.98. The average molecular weight is 330 g/mol.